The van der Waals surface area contributed by atoms with E-state index < -0.39 is 29.9 Å². The minimum Gasteiger partial charge on any atom is -0.469 e. The van der Waals surface area contributed by atoms with E-state index in [1.165, 1.54) is 25.4 Å². The van der Waals surface area contributed by atoms with Crippen molar-refractivity contribution in [2.75, 3.05) is 27.7 Å². The number of nitrogens with zero attached hydrogens (tertiary/aromatic N) is 2. The molecule has 1 aromatic heterocycles. The van der Waals surface area contributed by atoms with E-state index in [1.807, 2.05) is 72.0 Å². The van der Waals surface area contributed by atoms with Gasteiger partial charge in [-0.15, -0.1) is 11.3 Å². The second-order valence-electron chi connectivity index (χ2n) is 14.4. The number of hydrogen-bond acceptors (Lipinski definition) is 10. The van der Waals surface area contributed by atoms with Crippen LogP contribution in [0.25, 0.3) is 0 Å². The predicted octanol–water partition coefficient (Wildman–Crippen LogP) is 5.33. The number of hydrogen-bond donors (Lipinski definition) is 3. The molecule has 12 nitrogen and oxygen atoms in total. The number of esters is 2. The van der Waals surface area contributed by atoms with Crippen LogP contribution in [0.15, 0.2) is 35.7 Å². The summed E-state index contributed by atoms with van der Waals surface area (Å²) >= 11 is 1.20. The molecule has 0 aliphatic heterocycles. The van der Waals surface area contributed by atoms with E-state index in [4.69, 9.17) is 9.47 Å². The van der Waals surface area contributed by atoms with Crippen LogP contribution in [-0.4, -0.2) is 85.4 Å². The molecule has 6 atom stereocenters. The molecule has 2 aromatic rings. The number of unbranched alkanes of at least 4 members (excludes halogenated alkanes) is 1. The summed E-state index contributed by atoms with van der Waals surface area (Å²) in [5, 5.41) is 11.2. The summed E-state index contributed by atoms with van der Waals surface area (Å²) in [5.41, 5.74) is 1.17. The fourth-order valence-corrected chi connectivity index (χ4v) is 7.03. The third kappa shape index (κ3) is 14.3. The van der Waals surface area contributed by atoms with Gasteiger partial charge in [0.2, 0.25) is 11.8 Å². The molecule has 3 amide bonds. The molecular weight excluding hydrogens is 683 g/mol. The highest BCUT2D eigenvalue weighted by Crippen LogP contribution is 2.31. The zero-order valence-corrected chi connectivity index (χ0v) is 33.5. The van der Waals surface area contributed by atoms with E-state index in [0.717, 1.165) is 31.4 Å². The summed E-state index contributed by atoms with van der Waals surface area (Å²) in [6, 6.07) is 8.19. The highest BCUT2D eigenvalue weighted by atomic mass is 32.1. The molecule has 2 rings (SSSR count). The third-order valence-electron chi connectivity index (χ3n) is 9.30. The number of thiazole rings is 1. The highest BCUT2D eigenvalue weighted by Gasteiger charge is 2.35. The van der Waals surface area contributed by atoms with Crippen molar-refractivity contribution in [3.05, 3.63) is 52.0 Å². The molecule has 0 aliphatic carbocycles. The lowest BCUT2D eigenvalue weighted by Crippen LogP contribution is -2.54. The van der Waals surface area contributed by atoms with Crippen LogP contribution in [0.1, 0.15) is 108 Å². The van der Waals surface area contributed by atoms with Gasteiger partial charge in [-0.1, -0.05) is 78.3 Å². The minimum atomic E-state index is -0.823. The maximum absolute atomic E-state index is 14.0. The van der Waals surface area contributed by atoms with Crippen LogP contribution in [0, 0.1) is 23.7 Å². The number of ether oxygens (including phenoxy) is 2. The van der Waals surface area contributed by atoms with Gasteiger partial charge in [0.1, 0.15) is 16.7 Å². The normalized spacial score (nSPS) is 14.8. The van der Waals surface area contributed by atoms with Crippen molar-refractivity contribution in [3.63, 3.8) is 0 Å². The van der Waals surface area contributed by atoms with Gasteiger partial charge in [-0.3, -0.25) is 24.0 Å². The van der Waals surface area contributed by atoms with Crippen LogP contribution in [-0.2, 0) is 35.1 Å². The second-order valence-corrected chi connectivity index (χ2v) is 15.3. The smallest absolute Gasteiger partial charge is 0.308 e. The van der Waals surface area contributed by atoms with E-state index in [9.17, 15) is 24.0 Å². The van der Waals surface area contributed by atoms with Crippen molar-refractivity contribution in [2.24, 2.45) is 23.7 Å². The zero-order valence-electron chi connectivity index (χ0n) is 32.7. The van der Waals surface area contributed by atoms with Crippen molar-refractivity contribution in [1.29, 1.82) is 0 Å². The van der Waals surface area contributed by atoms with Gasteiger partial charge in [-0.2, -0.15) is 0 Å². The van der Waals surface area contributed by atoms with Crippen molar-refractivity contribution in [2.45, 2.75) is 111 Å². The van der Waals surface area contributed by atoms with Crippen molar-refractivity contribution < 1.29 is 33.4 Å². The van der Waals surface area contributed by atoms with Gasteiger partial charge in [-0.05, 0) is 56.7 Å². The predicted molar refractivity (Wildman–Crippen MR) is 204 cm³/mol. The summed E-state index contributed by atoms with van der Waals surface area (Å²) in [6.45, 7) is 13.6. The molecule has 0 spiro atoms. The number of likely N-dealkylation sites (N-methyl/N-ethyl adjacent to an activating group) is 1. The van der Waals surface area contributed by atoms with Gasteiger partial charge in [0.15, 0.2) is 6.10 Å². The summed E-state index contributed by atoms with van der Waals surface area (Å²) in [7, 11) is 4.95. The van der Waals surface area contributed by atoms with Gasteiger partial charge in [0, 0.05) is 43.8 Å². The molecule has 1 heterocycles. The maximum Gasteiger partial charge on any atom is 0.308 e. The molecule has 0 saturated heterocycles. The largest absolute Gasteiger partial charge is 0.469 e. The van der Waals surface area contributed by atoms with Crippen LogP contribution < -0.4 is 16.0 Å². The van der Waals surface area contributed by atoms with Gasteiger partial charge >= 0.3 is 11.9 Å². The quantitative estimate of drug-likeness (QED) is 0.107. The molecule has 290 valence electrons. The Morgan fingerprint density at radius 2 is 1.58 bits per heavy atom. The molecule has 13 heteroatoms. The maximum atomic E-state index is 14.0. The minimum absolute atomic E-state index is 0.0418. The first kappa shape index (κ1) is 44.3. The van der Waals surface area contributed by atoms with Crippen LogP contribution in [0.5, 0.6) is 0 Å². The number of rotatable bonds is 22. The fraction of sp³-hybridized carbons (Fsp3) is 0.641. The molecule has 1 aromatic carbocycles. The lowest BCUT2D eigenvalue weighted by Gasteiger charge is -2.36. The third-order valence-corrected chi connectivity index (χ3v) is 10.2. The van der Waals surface area contributed by atoms with E-state index in [-0.39, 0.29) is 59.7 Å². The van der Waals surface area contributed by atoms with E-state index in [2.05, 4.69) is 20.9 Å². The Morgan fingerprint density at radius 3 is 2.15 bits per heavy atom. The molecule has 52 heavy (non-hydrogen) atoms. The van der Waals surface area contributed by atoms with Crippen molar-refractivity contribution in [1.82, 2.24) is 25.8 Å². The molecule has 0 fully saturated rings. The SMILES string of the molecule is CNCCCC[C@@H](C)C(=O)N[C@H](C(=O)N(C)[C@H](C[C@@H](OC(C)=O)c1nc(C(=O)N[C@@H](Cc2ccccc2)C[C@H](C)C(=O)OC)cs1)C(C)C)C(C)C. The van der Waals surface area contributed by atoms with E-state index >= 15 is 0 Å². The van der Waals surface area contributed by atoms with Crippen LogP contribution in [0.2, 0.25) is 0 Å². The first-order valence-corrected chi connectivity index (χ1v) is 19.2. The second kappa shape index (κ2) is 22.3. The lowest BCUT2D eigenvalue weighted by atomic mass is 9.94. The number of methoxy groups -OCH3 is 1. The van der Waals surface area contributed by atoms with Crippen molar-refractivity contribution in [3.8, 4) is 0 Å². The van der Waals surface area contributed by atoms with E-state index in [1.54, 1.807) is 24.3 Å². The average Bonchev–Trinajstić information content (AvgIpc) is 3.60. The fourth-order valence-electron chi connectivity index (χ4n) is 6.19. The first-order chi connectivity index (χ1) is 24.6. The molecule has 0 aliphatic rings. The summed E-state index contributed by atoms with van der Waals surface area (Å²) in [5.74, 6) is -2.53. The van der Waals surface area contributed by atoms with Crippen molar-refractivity contribution >= 4 is 41.0 Å². The van der Waals surface area contributed by atoms with Gasteiger partial charge in [0.05, 0.1) is 13.0 Å². The molecular formula is C39H61N5O7S. The number of carbonyl (C=O) groups is 5. The van der Waals surface area contributed by atoms with Gasteiger partial charge in [0.25, 0.3) is 5.91 Å². The van der Waals surface area contributed by atoms with E-state index in [0.29, 0.717) is 17.8 Å². The van der Waals surface area contributed by atoms with Gasteiger partial charge in [-0.25, -0.2) is 4.98 Å². The Morgan fingerprint density at radius 1 is 0.904 bits per heavy atom. The zero-order chi connectivity index (χ0) is 39.0. The Kier molecular flexibility index (Phi) is 19.0. The Bertz CT molecular complexity index is 1430. The Hall–Kier alpha value is -3.84. The summed E-state index contributed by atoms with van der Waals surface area (Å²) in [6.07, 6.45) is 2.90. The molecule has 0 bridgehead atoms. The topological polar surface area (TPSA) is 156 Å². The van der Waals surface area contributed by atoms with Crippen LogP contribution >= 0.6 is 11.3 Å². The monoisotopic (exact) mass is 743 g/mol. The molecule has 3 N–H and O–H groups in total. The number of amides is 3. The van der Waals surface area contributed by atoms with Crippen LogP contribution in [0.4, 0.5) is 0 Å². The Labute approximate surface area is 314 Å². The first-order valence-electron chi connectivity index (χ1n) is 18.4. The standard InChI is InChI=1S/C39H61N5O7S/c1-24(2)32(44(9)38(48)34(25(3)4)43-35(46)26(5)16-14-15-19-40-8)22-33(51-28(7)45)37-42-31(23-52-37)36(47)41-30(20-27(6)39(49)50-10)21-29-17-12-11-13-18-29/h11-13,17-18,23-27,30,32-34,40H,14-16,19-22H2,1-10H3,(H,41,47)(H,43,46)/t26-,27+,30-,32-,33-,34+/m1/s1. The number of benzene rings is 1. The highest BCUT2D eigenvalue weighted by molar-refractivity contribution is 7.09. The van der Waals surface area contributed by atoms with Crippen LogP contribution in [0.3, 0.4) is 0 Å². The van der Waals surface area contributed by atoms with Gasteiger partial charge < -0.3 is 30.3 Å². The lowest BCUT2D eigenvalue weighted by molar-refractivity contribution is -0.149. The average molecular weight is 744 g/mol. The molecule has 0 radical (unpaired) electrons. The number of carbonyl (C=O) groups excluding carboxylic acids is 5. The summed E-state index contributed by atoms with van der Waals surface area (Å²) < 4.78 is 10.7. The number of aromatic nitrogens is 1. The number of nitrogens with one attached hydrogen (secondary N) is 3. The Balaban J connectivity index is 2.26. The summed E-state index contributed by atoms with van der Waals surface area (Å²) in [4.78, 5) is 71.4. The molecule has 0 unspecified atom stereocenters. The molecule has 0 saturated carbocycles.